The van der Waals surface area contributed by atoms with Crippen molar-refractivity contribution in [3.8, 4) is 17.4 Å². The summed E-state index contributed by atoms with van der Waals surface area (Å²) in [5.41, 5.74) is 9.88. The second-order valence-corrected chi connectivity index (χ2v) is 8.73. The molecule has 36 heavy (non-hydrogen) atoms. The lowest BCUT2D eigenvalue weighted by molar-refractivity contribution is -0.109. The van der Waals surface area contributed by atoms with Crippen molar-refractivity contribution in [1.29, 1.82) is 0 Å². The number of aryl methyl sites for hydroxylation is 1. The molecule has 0 radical (unpaired) electrons. The van der Waals surface area contributed by atoms with Crippen molar-refractivity contribution < 1.29 is 13.9 Å². The van der Waals surface area contributed by atoms with E-state index in [0.717, 1.165) is 37.4 Å². The molecule has 0 aliphatic rings. The molecule has 1 unspecified atom stereocenters. The topological polar surface area (TPSA) is 121 Å². The van der Waals surface area contributed by atoms with Crippen molar-refractivity contribution in [2.75, 3.05) is 18.9 Å². The Bertz CT molecular complexity index is 1320. The third-order valence-corrected chi connectivity index (χ3v) is 5.99. The molecule has 188 valence electrons. The minimum Gasteiger partial charge on any atom is -0.464 e. The van der Waals surface area contributed by atoms with Gasteiger partial charge in [0.15, 0.2) is 17.0 Å². The Morgan fingerprint density at radius 2 is 1.92 bits per heavy atom. The highest BCUT2D eigenvalue weighted by atomic mass is 19.1. The van der Waals surface area contributed by atoms with Crippen LogP contribution in [0.3, 0.4) is 0 Å². The van der Waals surface area contributed by atoms with Gasteiger partial charge in [0, 0.05) is 18.3 Å². The van der Waals surface area contributed by atoms with E-state index in [1.807, 2.05) is 11.5 Å². The zero-order chi connectivity index (χ0) is 25.5. The van der Waals surface area contributed by atoms with E-state index in [-0.39, 0.29) is 11.8 Å². The van der Waals surface area contributed by atoms with Gasteiger partial charge in [0.2, 0.25) is 6.41 Å². The molecule has 0 spiro atoms. The Morgan fingerprint density at radius 1 is 1.14 bits per heavy atom. The third-order valence-electron chi connectivity index (χ3n) is 5.99. The van der Waals surface area contributed by atoms with E-state index in [0.29, 0.717) is 48.2 Å². The van der Waals surface area contributed by atoms with Crippen molar-refractivity contribution in [1.82, 2.24) is 29.8 Å². The van der Waals surface area contributed by atoms with E-state index >= 15 is 0 Å². The van der Waals surface area contributed by atoms with Crippen molar-refractivity contribution in [2.24, 2.45) is 5.92 Å². The summed E-state index contributed by atoms with van der Waals surface area (Å²) in [6.07, 6.45) is 6.40. The highest BCUT2D eigenvalue weighted by Gasteiger charge is 2.19. The van der Waals surface area contributed by atoms with Crippen LogP contribution in [0, 0.1) is 11.7 Å². The maximum atomic E-state index is 14.0. The summed E-state index contributed by atoms with van der Waals surface area (Å²) >= 11 is 0. The summed E-state index contributed by atoms with van der Waals surface area (Å²) in [6, 6.07) is 9.92. The van der Waals surface area contributed by atoms with Crippen LogP contribution in [0.5, 0.6) is 6.01 Å². The maximum absolute atomic E-state index is 14.0. The summed E-state index contributed by atoms with van der Waals surface area (Å²) in [6.45, 7) is 5.57. The molecule has 0 saturated heterocycles. The lowest BCUT2D eigenvalue weighted by Gasteiger charge is -2.12. The van der Waals surface area contributed by atoms with Gasteiger partial charge < -0.3 is 20.4 Å². The van der Waals surface area contributed by atoms with Gasteiger partial charge in [-0.25, -0.2) is 9.37 Å². The molecular weight excluding hydrogens is 461 g/mol. The number of halogens is 1. The lowest BCUT2D eigenvalue weighted by Crippen LogP contribution is -2.15. The van der Waals surface area contributed by atoms with Gasteiger partial charge in [-0.2, -0.15) is 9.97 Å². The van der Waals surface area contributed by atoms with Crippen molar-refractivity contribution in [3.63, 3.8) is 0 Å². The highest BCUT2D eigenvalue weighted by molar-refractivity contribution is 5.85. The van der Waals surface area contributed by atoms with Crippen LogP contribution in [0.4, 0.5) is 10.2 Å². The minimum absolute atomic E-state index is 0.167. The molecule has 0 aliphatic heterocycles. The number of nitrogens with zero attached hydrogens (tertiary/aromatic N) is 5. The molecule has 0 bridgehead atoms. The van der Waals surface area contributed by atoms with Gasteiger partial charge in [-0.15, -0.1) is 0 Å². The Kier molecular flexibility index (Phi) is 8.04. The normalized spacial score (nSPS) is 12.0. The number of nitrogen functional groups attached to an aromatic ring is 1. The standard InChI is InChI=1S/C26H30FN7O2/c1-3-36-26-32-23(28)22-25(33-26)34(24(31-22)20-12-21(27)14-30-13-20)15-19-8-6-18(7-9-19)5-4-17(2)10-11-29-16-35/h6-9,12-14,16-17H,3-5,10-11,15H2,1-2H3,(H,29,35)(H2,28,32,33). The molecule has 0 aliphatic carbocycles. The van der Waals surface area contributed by atoms with E-state index in [1.54, 1.807) is 6.20 Å². The molecule has 1 amide bonds. The number of hydrogen-bond acceptors (Lipinski definition) is 7. The fraction of sp³-hybridized carbons (Fsp3) is 0.346. The summed E-state index contributed by atoms with van der Waals surface area (Å²) in [5, 5.41) is 2.71. The first-order valence-corrected chi connectivity index (χ1v) is 12.0. The number of anilines is 1. The van der Waals surface area contributed by atoms with E-state index in [1.165, 1.54) is 11.6 Å². The molecule has 1 atom stereocenters. The number of pyridine rings is 1. The Balaban J connectivity index is 1.61. The van der Waals surface area contributed by atoms with Gasteiger partial charge in [0.25, 0.3) is 0 Å². The van der Waals surface area contributed by atoms with Gasteiger partial charge in [-0.1, -0.05) is 31.2 Å². The molecule has 10 heteroatoms. The molecule has 3 heterocycles. The average molecular weight is 492 g/mol. The number of amides is 1. The molecule has 3 N–H and O–H groups in total. The summed E-state index contributed by atoms with van der Waals surface area (Å²) < 4.78 is 21.3. The number of benzene rings is 1. The average Bonchev–Trinajstić information content (AvgIpc) is 3.23. The van der Waals surface area contributed by atoms with Gasteiger partial charge in [0.05, 0.1) is 19.3 Å². The first-order chi connectivity index (χ1) is 17.5. The predicted octanol–water partition coefficient (Wildman–Crippen LogP) is 3.76. The van der Waals surface area contributed by atoms with Crippen LogP contribution in [0.2, 0.25) is 0 Å². The van der Waals surface area contributed by atoms with Crippen LogP contribution in [0.25, 0.3) is 22.6 Å². The third kappa shape index (κ3) is 5.94. The van der Waals surface area contributed by atoms with E-state index < -0.39 is 5.82 Å². The number of nitrogens with one attached hydrogen (secondary N) is 1. The molecule has 4 rings (SSSR count). The number of aromatic nitrogens is 5. The smallest absolute Gasteiger partial charge is 0.320 e. The summed E-state index contributed by atoms with van der Waals surface area (Å²) in [4.78, 5) is 27.7. The van der Waals surface area contributed by atoms with Gasteiger partial charge in [-0.05, 0) is 49.3 Å². The number of fused-ring (bicyclic) bond motifs is 1. The van der Waals surface area contributed by atoms with Crippen LogP contribution in [0.15, 0.2) is 42.7 Å². The van der Waals surface area contributed by atoms with Gasteiger partial charge in [0.1, 0.15) is 11.6 Å². The van der Waals surface area contributed by atoms with Crippen molar-refractivity contribution >= 4 is 23.4 Å². The largest absolute Gasteiger partial charge is 0.464 e. The molecular formula is C26H30FN7O2. The quantitative estimate of drug-likeness (QED) is 0.229. The van der Waals surface area contributed by atoms with Crippen LogP contribution < -0.4 is 15.8 Å². The first kappa shape index (κ1) is 25.0. The maximum Gasteiger partial charge on any atom is 0.320 e. The van der Waals surface area contributed by atoms with Crippen LogP contribution in [0.1, 0.15) is 37.8 Å². The van der Waals surface area contributed by atoms with Crippen LogP contribution in [-0.2, 0) is 17.8 Å². The van der Waals surface area contributed by atoms with Gasteiger partial charge >= 0.3 is 6.01 Å². The minimum atomic E-state index is -0.458. The number of imidazole rings is 1. The molecule has 0 saturated carbocycles. The van der Waals surface area contributed by atoms with E-state index in [2.05, 4.69) is 56.4 Å². The van der Waals surface area contributed by atoms with Gasteiger partial charge in [-0.3, -0.25) is 9.78 Å². The Morgan fingerprint density at radius 3 is 2.64 bits per heavy atom. The highest BCUT2D eigenvalue weighted by Crippen LogP contribution is 2.28. The first-order valence-electron chi connectivity index (χ1n) is 12.0. The van der Waals surface area contributed by atoms with Crippen LogP contribution >= 0.6 is 0 Å². The summed E-state index contributed by atoms with van der Waals surface area (Å²) in [7, 11) is 0. The number of carbonyl (C=O) groups excluding carboxylic acids is 1. The van der Waals surface area contributed by atoms with E-state index in [9.17, 15) is 9.18 Å². The van der Waals surface area contributed by atoms with Crippen molar-refractivity contribution in [2.45, 2.75) is 39.7 Å². The SMILES string of the molecule is CCOc1nc(N)c2nc(-c3cncc(F)c3)n(Cc3ccc(CCC(C)CCNC=O)cc3)c2n1. The Hall–Kier alpha value is -4.08. The van der Waals surface area contributed by atoms with E-state index in [4.69, 9.17) is 10.5 Å². The molecule has 9 nitrogen and oxygen atoms in total. The molecule has 4 aromatic rings. The Labute approximate surface area is 209 Å². The second-order valence-electron chi connectivity index (χ2n) is 8.73. The number of carbonyl (C=O) groups is 1. The predicted molar refractivity (Wildman–Crippen MR) is 136 cm³/mol. The lowest BCUT2D eigenvalue weighted by atomic mass is 9.98. The number of ether oxygens (including phenoxy) is 1. The fourth-order valence-corrected chi connectivity index (χ4v) is 4.04. The fourth-order valence-electron chi connectivity index (χ4n) is 4.04. The van der Waals surface area contributed by atoms with Crippen LogP contribution in [-0.4, -0.2) is 44.1 Å². The monoisotopic (exact) mass is 491 g/mol. The van der Waals surface area contributed by atoms with Crippen molar-refractivity contribution in [3.05, 3.63) is 59.7 Å². The number of rotatable bonds is 12. The zero-order valence-corrected chi connectivity index (χ0v) is 20.4. The molecule has 0 fully saturated rings. The number of nitrogens with two attached hydrogens (primary N) is 1. The zero-order valence-electron chi connectivity index (χ0n) is 20.4. The number of hydrogen-bond donors (Lipinski definition) is 2. The molecule has 1 aromatic carbocycles. The molecule has 3 aromatic heterocycles. The second kappa shape index (κ2) is 11.6. The summed E-state index contributed by atoms with van der Waals surface area (Å²) in [5.74, 6) is 0.747.